The summed E-state index contributed by atoms with van der Waals surface area (Å²) in [5, 5.41) is 3.64. The van der Waals surface area contributed by atoms with Crippen LogP contribution in [0.5, 0.6) is 0 Å². The molecule has 0 unspecified atom stereocenters. The Labute approximate surface area is 174 Å². The van der Waals surface area contributed by atoms with Gasteiger partial charge in [-0.1, -0.05) is 48.5 Å². The Morgan fingerprint density at radius 2 is 2.00 bits per heavy atom. The first-order chi connectivity index (χ1) is 13.3. The molecule has 0 bridgehead atoms. The van der Waals surface area contributed by atoms with Crippen molar-refractivity contribution in [3.8, 4) is 0 Å². The number of amides is 1. The van der Waals surface area contributed by atoms with E-state index < -0.39 is 10.0 Å². The minimum Gasteiger partial charge on any atom is -0.325 e. The molecule has 1 aliphatic heterocycles. The largest absolute Gasteiger partial charge is 0.325 e. The van der Waals surface area contributed by atoms with E-state index in [4.69, 9.17) is 11.6 Å². The molecular formula is C19H20ClN3O3S2. The van der Waals surface area contributed by atoms with Gasteiger partial charge < -0.3 is 10.2 Å². The smallest absolute Gasteiger partial charge is 0.286 e. The predicted molar refractivity (Wildman–Crippen MR) is 116 cm³/mol. The van der Waals surface area contributed by atoms with Gasteiger partial charge in [-0.25, -0.2) is 0 Å². The zero-order valence-corrected chi connectivity index (χ0v) is 17.9. The molecule has 2 aromatic rings. The summed E-state index contributed by atoms with van der Waals surface area (Å²) in [4.78, 5) is 14.4. The lowest BCUT2D eigenvalue weighted by atomic mass is 10.2. The van der Waals surface area contributed by atoms with Crippen LogP contribution in [0.15, 0.2) is 51.8 Å². The number of para-hydroxylation sites is 1. The van der Waals surface area contributed by atoms with E-state index in [0.717, 1.165) is 23.7 Å². The fraction of sp³-hybridized carbons (Fsp3) is 0.263. The second-order valence-corrected chi connectivity index (χ2v) is 9.22. The third-order valence-electron chi connectivity index (χ3n) is 4.12. The molecule has 0 radical (unpaired) electrons. The first kappa shape index (κ1) is 20.7. The summed E-state index contributed by atoms with van der Waals surface area (Å²) in [6.45, 7) is 4.48. The molecule has 0 fully saturated rings. The first-order valence-corrected chi connectivity index (χ1v) is 11.5. The van der Waals surface area contributed by atoms with Crippen LogP contribution in [0.4, 0.5) is 11.4 Å². The lowest BCUT2D eigenvalue weighted by Crippen LogP contribution is -2.35. The maximum atomic E-state index is 12.5. The van der Waals surface area contributed by atoms with Crippen molar-refractivity contribution < 1.29 is 13.2 Å². The second-order valence-electron chi connectivity index (χ2n) is 6.26. The van der Waals surface area contributed by atoms with Crippen LogP contribution >= 0.6 is 23.4 Å². The highest BCUT2D eigenvalue weighted by molar-refractivity contribution is 8.15. The number of benzene rings is 2. The molecule has 0 aliphatic carbocycles. The van der Waals surface area contributed by atoms with Crippen LogP contribution in [0, 0.1) is 6.92 Å². The van der Waals surface area contributed by atoms with Gasteiger partial charge >= 0.3 is 0 Å². The van der Waals surface area contributed by atoms with Gasteiger partial charge in [-0.15, -0.1) is 4.40 Å². The number of thioether (sulfide) groups is 1. The number of sulfonamides is 1. The van der Waals surface area contributed by atoms with Gasteiger partial charge in [0.15, 0.2) is 5.17 Å². The minimum atomic E-state index is -3.79. The number of nitrogens with zero attached hydrogens (tertiary/aromatic N) is 2. The zero-order chi connectivity index (χ0) is 20.3. The minimum absolute atomic E-state index is 0.0304. The Morgan fingerprint density at radius 3 is 2.75 bits per heavy atom. The topological polar surface area (TPSA) is 78.8 Å². The maximum Gasteiger partial charge on any atom is 0.286 e. The number of hydrogen-bond acceptors (Lipinski definition) is 5. The number of rotatable bonds is 5. The summed E-state index contributed by atoms with van der Waals surface area (Å²) in [5.74, 6) is -0.228. The molecule has 148 valence electrons. The van der Waals surface area contributed by atoms with Crippen LogP contribution in [-0.4, -0.2) is 31.8 Å². The summed E-state index contributed by atoms with van der Waals surface area (Å²) in [5.41, 5.74) is 2.11. The molecule has 28 heavy (non-hydrogen) atoms. The molecule has 1 N–H and O–H groups in total. The van der Waals surface area contributed by atoms with E-state index in [1.54, 1.807) is 36.4 Å². The average molecular weight is 438 g/mol. The molecule has 9 heteroatoms. The zero-order valence-electron chi connectivity index (χ0n) is 15.5. The average Bonchev–Trinajstić information content (AvgIpc) is 2.65. The van der Waals surface area contributed by atoms with Gasteiger partial charge in [-0.05, 0) is 43.2 Å². The van der Waals surface area contributed by atoms with Crippen molar-refractivity contribution >= 4 is 55.8 Å². The lowest BCUT2D eigenvalue weighted by Gasteiger charge is -2.29. The normalized spacial score (nSPS) is 15.0. The molecule has 6 nitrogen and oxygen atoms in total. The number of carbonyl (C=O) groups excluding carboxylic acids is 1. The van der Waals surface area contributed by atoms with E-state index in [1.165, 1.54) is 0 Å². The van der Waals surface area contributed by atoms with Crippen molar-refractivity contribution in [1.29, 1.82) is 0 Å². The van der Waals surface area contributed by atoms with Crippen molar-refractivity contribution in [2.75, 3.05) is 22.5 Å². The van der Waals surface area contributed by atoms with Gasteiger partial charge in [-0.2, -0.15) is 8.42 Å². The monoisotopic (exact) mass is 437 g/mol. The molecule has 0 atom stereocenters. The maximum absolute atomic E-state index is 12.5. The fourth-order valence-corrected chi connectivity index (χ4v) is 5.24. The van der Waals surface area contributed by atoms with Gasteiger partial charge in [0, 0.05) is 17.3 Å². The molecule has 0 aromatic heterocycles. The van der Waals surface area contributed by atoms with E-state index in [0.29, 0.717) is 28.1 Å². The number of amidine groups is 1. The summed E-state index contributed by atoms with van der Waals surface area (Å²) >= 11 is 7.08. The number of fused-ring (bicyclic) bond motifs is 1. The van der Waals surface area contributed by atoms with E-state index >= 15 is 0 Å². The fourth-order valence-electron chi connectivity index (χ4n) is 2.79. The Morgan fingerprint density at radius 1 is 1.25 bits per heavy atom. The quantitative estimate of drug-likeness (QED) is 0.754. The summed E-state index contributed by atoms with van der Waals surface area (Å²) < 4.78 is 29.0. The van der Waals surface area contributed by atoms with Crippen molar-refractivity contribution in [2.45, 2.75) is 25.2 Å². The third kappa shape index (κ3) is 4.51. The molecule has 1 heterocycles. The van der Waals surface area contributed by atoms with Crippen LogP contribution in [-0.2, 0) is 14.8 Å². The first-order valence-electron chi connectivity index (χ1n) is 8.72. The van der Waals surface area contributed by atoms with Gasteiger partial charge in [0.1, 0.15) is 4.90 Å². The number of nitrogens with one attached hydrogen (secondary N) is 1. The predicted octanol–water partition coefficient (Wildman–Crippen LogP) is 4.30. The van der Waals surface area contributed by atoms with Crippen LogP contribution in [0.1, 0.15) is 18.9 Å². The number of carbonyl (C=O) groups is 1. The Bertz CT molecular complexity index is 1040. The number of hydrogen-bond donors (Lipinski definition) is 1. The van der Waals surface area contributed by atoms with E-state index in [2.05, 4.69) is 9.71 Å². The molecule has 1 amide bonds. The number of aryl methyl sites for hydroxylation is 1. The molecule has 2 aromatic carbocycles. The molecule has 3 rings (SSSR count). The highest BCUT2D eigenvalue weighted by atomic mass is 35.5. The molecule has 0 saturated carbocycles. The van der Waals surface area contributed by atoms with Gasteiger partial charge in [0.05, 0.1) is 11.4 Å². The van der Waals surface area contributed by atoms with Gasteiger partial charge in [0.25, 0.3) is 10.0 Å². The molecular weight excluding hydrogens is 418 g/mol. The van der Waals surface area contributed by atoms with E-state index in [1.807, 2.05) is 24.8 Å². The van der Waals surface area contributed by atoms with Crippen LogP contribution < -0.4 is 10.2 Å². The van der Waals surface area contributed by atoms with Crippen molar-refractivity contribution in [2.24, 2.45) is 4.40 Å². The van der Waals surface area contributed by atoms with Crippen molar-refractivity contribution in [3.63, 3.8) is 0 Å². The SMILES string of the molecule is CCCN1C(SCC(=O)Nc2cc(Cl)ccc2C)=NS(=O)(=O)c2ccccc21. The van der Waals surface area contributed by atoms with Gasteiger partial charge in [0.2, 0.25) is 5.91 Å². The highest BCUT2D eigenvalue weighted by Crippen LogP contribution is 2.34. The second kappa shape index (κ2) is 8.55. The Hall–Kier alpha value is -2.03. The van der Waals surface area contributed by atoms with Crippen LogP contribution in [0.25, 0.3) is 0 Å². The Balaban J connectivity index is 1.78. The van der Waals surface area contributed by atoms with E-state index in [-0.39, 0.29) is 16.6 Å². The van der Waals surface area contributed by atoms with Crippen molar-refractivity contribution in [3.05, 3.63) is 53.1 Å². The summed E-state index contributed by atoms with van der Waals surface area (Å²) in [7, 11) is -3.79. The molecule has 0 saturated heterocycles. The molecule has 1 aliphatic rings. The summed E-state index contributed by atoms with van der Waals surface area (Å²) in [6.07, 6.45) is 0.807. The number of anilines is 2. The summed E-state index contributed by atoms with van der Waals surface area (Å²) in [6, 6.07) is 12.0. The Kier molecular flexibility index (Phi) is 6.32. The van der Waals surface area contributed by atoms with Crippen LogP contribution in [0.3, 0.4) is 0 Å². The highest BCUT2D eigenvalue weighted by Gasteiger charge is 2.30. The standard InChI is InChI=1S/C19H20ClN3O3S2/c1-3-10-23-16-6-4-5-7-17(16)28(25,26)22-19(23)27-12-18(24)21-15-11-14(20)9-8-13(15)2/h4-9,11H,3,10,12H2,1-2H3,(H,21,24). The third-order valence-corrected chi connectivity index (χ3v) is 6.76. The lowest BCUT2D eigenvalue weighted by molar-refractivity contribution is -0.113. The van der Waals surface area contributed by atoms with Gasteiger partial charge in [-0.3, -0.25) is 4.79 Å². The number of halogens is 1. The molecule has 0 spiro atoms. The van der Waals surface area contributed by atoms with Crippen molar-refractivity contribution in [1.82, 2.24) is 0 Å². The van der Waals surface area contributed by atoms with E-state index in [9.17, 15) is 13.2 Å². The van der Waals surface area contributed by atoms with Crippen LogP contribution in [0.2, 0.25) is 5.02 Å².